The van der Waals surface area contributed by atoms with Crippen molar-refractivity contribution in [1.82, 2.24) is 16.0 Å². The van der Waals surface area contributed by atoms with Crippen molar-refractivity contribution in [2.45, 2.75) is 84.2 Å². The van der Waals surface area contributed by atoms with Gasteiger partial charge < -0.3 is 31.9 Å². The van der Waals surface area contributed by atoms with Crippen LogP contribution in [0.1, 0.15) is 53.9 Å². The number of amides is 3. The summed E-state index contributed by atoms with van der Waals surface area (Å²) in [5, 5.41) is 26.7. The van der Waals surface area contributed by atoms with Gasteiger partial charge in [-0.15, -0.1) is 0 Å². The van der Waals surface area contributed by atoms with Crippen LogP contribution >= 0.6 is 11.8 Å². The number of carboxylic acids is 1. The van der Waals surface area contributed by atoms with Crippen molar-refractivity contribution >= 4 is 35.5 Å². The van der Waals surface area contributed by atoms with Crippen LogP contribution in [0.3, 0.4) is 0 Å². The molecule has 11 heteroatoms. The molecule has 0 heterocycles. The van der Waals surface area contributed by atoms with Crippen LogP contribution in [0.15, 0.2) is 0 Å². The minimum absolute atomic E-state index is 0.0501. The van der Waals surface area contributed by atoms with E-state index in [1.54, 1.807) is 6.92 Å². The Morgan fingerprint density at radius 3 is 1.91 bits per heavy atom. The van der Waals surface area contributed by atoms with Gasteiger partial charge in [0.1, 0.15) is 24.2 Å². The van der Waals surface area contributed by atoms with E-state index in [9.17, 15) is 29.4 Å². The lowest BCUT2D eigenvalue weighted by atomic mass is 9.98. The maximum atomic E-state index is 13.0. The van der Waals surface area contributed by atoms with Gasteiger partial charge in [-0.3, -0.25) is 14.4 Å². The maximum Gasteiger partial charge on any atom is 0.326 e. The van der Waals surface area contributed by atoms with E-state index in [0.717, 1.165) is 0 Å². The number of nitrogens with one attached hydrogen (secondary N) is 3. The zero-order chi connectivity index (χ0) is 25.0. The Hall–Kier alpha value is -1.85. The molecule has 0 aliphatic carbocycles. The number of rotatable bonds is 15. The fourth-order valence-corrected chi connectivity index (χ4v) is 3.38. The number of carbonyl (C=O) groups is 4. The Kier molecular flexibility index (Phi) is 14.2. The predicted octanol–water partition coefficient (Wildman–Crippen LogP) is 0.0788. The van der Waals surface area contributed by atoms with Gasteiger partial charge in [-0.1, -0.05) is 34.1 Å². The minimum atomic E-state index is -1.19. The van der Waals surface area contributed by atoms with E-state index in [4.69, 9.17) is 5.73 Å². The minimum Gasteiger partial charge on any atom is -0.480 e. The molecular weight excluding hydrogens is 436 g/mol. The fraction of sp³-hybridized carbons (Fsp3) is 0.810. The maximum absolute atomic E-state index is 13.0. The first-order chi connectivity index (χ1) is 14.8. The zero-order valence-electron chi connectivity index (χ0n) is 19.9. The van der Waals surface area contributed by atoms with Gasteiger partial charge in [-0.2, -0.15) is 11.8 Å². The van der Waals surface area contributed by atoms with Crippen molar-refractivity contribution < 1.29 is 29.4 Å². The molecule has 6 atom stereocenters. The number of aliphatic hydroxyl groups excluding tert-OH is 1. The summed E-state index contributed by atoms with van der Waals surface area (Å²) < 4.78 is 0. The average Bonchev–Trinajstić information content (AvgIpc) is 2.71. The third-order valence-corrected chi connectivity index (χ3v) is 5.83. The lowest BCUT2D eigenvalue weighted by Crippen LogP contribution is -2.58. The lowest BCUT2D eigenvalue weighted by Gasteiger charge is -2.27. The zero-order valence-corrected chi connectivity index (χ0v) is 20.7. The highest BCUT2D eigenvalue weighted by Crippen LogP contribution is 2.11. The largest absolute Gasteiger partial charge is 0.480 e. The number of nitrogens with two attached hydrogens (primary N) is 1. The van der Waals surface area contributed by atoms with Crippen molar-refractivity contribution in [3.05, 3.63) is 0 Å². The van der Waals surface area contributed by atoms with Gasteiger partial charge in [-0.25, -0.2) is 4.79 Å². The van der Waals surface area contributed by atoms with Crippen LogP contribution in [0.5, 0.6) is 0 Å². The third-order valence-electron chi connectivity index (χ3n) is 5.18. The second kappa shape index (κ2) is 15.1. The molecule has 0 aliphatic rings. The second-order valence-corrected chi connectivity index (χ2v) is 9.50. The summed E-state index contributed by atoms with van der Waals surface area (Å²) in [6.45, 7) is 8.69. The summed E-state index contributed by atoms with van der Waals surface area (Å²) in [7, 11) is 0. The van der Waals surface area contributed by atoms with Crippen LogP contribution in [0.2, 0.25) is 0 Å². The van der Waals surface area contributed by atoms with E-state index in [1.165, 1.54) is 18.7 Å². The molecule has 0 bridgehead atoms. The normalized spacial score (nSPS) is 16.9. The second-order valence-electron chi connectivity index (χ2n) is 8.51. The van der Waals surface area contributed by atoms with Crippen molar-refractivity contribution in [2.75, 3.05) is 12.0 Å². The Labute approximate surface area is 194 Å². The summed E-state index contributed by atoms with van der Waals surface area (Å²) in [4.78, 5) is 49.7. The number of aliphatic carboxylic acids is 1. The Balaban J connectivity index is 5.51. The van der Waals surface area contributed by atoms with E-state index >= 15 is 0 Å². The smallest absolute Gasteiger partial charge is 0.326 e. The fourth-order valence-electron chi connectivity index (χ4n) is 2.90. The lowest BCUT2D eigenvalue weighted by molar-refractivity contribution is -0.144. The molecular formula is C21H40N4O6S. The van der Waals surface area contributed by atoms with Crippen LogP contribution in [0.25, 0.3) is 0 Å². The van der Waals surface area contributed by atoms with Crippen molar-refractivity contribution in [1.29, 1.82) is 0 Å². The van der Waals surface area contributed by atoms with E-state index in [0.29, 0.717) is 25.0 Å². The molecule has 0 spiro atoms. The summed E-state index contributed by atoms with van der Waals surface area (Å²) in [5.74, 6) is -2.64. The highest BCUT2D eigenvalue weighted by atomic mass is 32.2. The van der Waals surface area contributed by atoms with Gasteiger partial charge in [0.15, 0.2) is 0 Å². The van der Waals surface area contributed by atoms with Gasteiger partial charge in [0.25, 0.3) is 0 Å². The molecule has 0 saturated heterocycles. The van der Waals surface area contributed by atoms with Crippen LogP contribution in [-0.2, 0) is 19.2 Å². The molecule has 10 nitrogen and oxygen atoms in total. The number of thioether (sulfide) groups is 1. The molecule has 0 fully saturated rings. The van der Waals surface area contributed by atoms with E-state index in [-0.39, 0.29) is 11.8 Å². The topological polar surface area (TPSA) is 171 Å². The monoisotopic (exact) mass is 476 g/mol. The summed E-state index contributed by atoms with van der Waals surface area (Å²) >= 11 is 1.49. The third kappa shape index (κ3) is 10.6. The van der Waals surface area contributed by atoms with Gasteiger partial charge >= 0.3 is 5.97 Å². The first-order valence-corrected chi connectivity index (χ1v) is 12.3. The standard InChI is InChI=1S/C21H40N4O6S/c1-7-12(4)17(21(30)31)25-18(27)14(8-9-32-6)23-19(28)15(10-11(2)3)24-20(29)16(22)13(5)26/h11-17,26H,7-10,22H2,1-6H3,(H,23,28)(H,24,29)(H,25,27)(H,30,31). The Morgan fingerprint density at radius 2 is 1.47 bits per heavy atom. The molecule has 7 N–H and O–H groups in total. The van der Waals surface area contributed by atoms with E-state index in [1.807, 2.05) is 27.0 Å². The molecule has 0 rings (SSSR count). The first-order valence-electron chi connectivity index (χ1n) is 10.9. The highest BCUT2D eigenvalue weighted by Gasteiger charge is 2.32. The molecule has 0 aromatic heterocycles. The molecule has 0 radical (unpaired) electrons. The van der Waals surface area contributed by atoms with Crippen molar-refractivity contribution in [3.63, 3.8) is 0 Å². The van der Waals surface area contributed by atoms with Crippen molar-refractivity contribution in [2.24, 2.45) is 17.6 Å². The molecule has 6 unspecified atom stereocenters. The van der Waals surface area contributed by atoms with Gasteiger partial charge in [0.05, 0.1) is 6.10 Å². The number of carbonyl (C=O) groups excluding carboxylic acids is 3. The van der Waals surface area contributed by atoms with Gasteiger partial charge in [0, 0.05) is 0 Å². The van der Waals surface area contributed by atoms with Crippen molar-refractivity contribution in [3.8, 4) is 0 Å². The molecule has 0 aliphatic heterocycles. The number of hydrogen-bond acceptors (Lipinski definition) is 7. The summed E-state index contributed by atoms with van der Waals surface area (Å²) in [6.07, 6.45) is 1.92. The molecule has 186 valence electrons. The molecule has 32 heavy (non-hydrogen) atoms. The van der Waals surface area contributed by atoms with Crippen LogP contribution in [-0.4, -0.2) is 76.2 Å². The summed E-state index contributed by atoms with van der Waals surface area (Å²) in [6, 6.07) is -4.18. The van der Waals surface area contributed by atoms with E-state index < -0.39 is 54.0 Å². The number of carboxylic acid groups (broad SMARTS) is 1. The predicted molar refractivity (Wildman–Crippen MR) is 125 cm³/mol. The average molecular weight is 477 g/mol. The quantitative estimate of drug-likeness (QED) is 0.193. The Morgan fingerprint density at radius 1 is 0.938 bits per heavy atom. The van der Waals surface area contributed by atoms with Gasteiger partial charge in [-0.05, 0) is 43.6 Å². The van der Waals surface area contributed by atoms with Gasteiger partial charge in [0.2, 0.25) is 17.7 Å². The van der Waals surface area contributed by atoms with Crippen LogP contribution < -0.4 is 21.7 Å². The Bertz CT molecular complexity index is 631. The molecule has 0 saturated carbocycles. The summed E-state index contributed by atoms with van der Waals surface area (Å²) in [5.41, 5.74) is 5.66. The van der Waals surface area contributed by atoms with Crippen LogP contribution in [0, 0.1) is 11.8 Å². The molecule has 0 aromatic carbocycles. The van der Waals surface area contributed by atoms with E-state index in [2.05, 4.69) is 16.0 Å². The highest BCUT2D eigenvalue weighted by molar-refractivity contribution is 7.98. The molecule has 3 amide bonds. The number of hydrogen-bond donors (Lipinski definition) is 6. The molecule has 0 aromatic rings. The first kappa shape index (κ1) is 30.1. The van der Waals surface area contributed by atoms with Crippen LogP contribution in [0.4, 0.5) is 0 Å². The number of aliphatic hydroxyl groups is 1. The SMILES string of the molecule is CCC(C)C(NC(=O)C(CCSC)NC(=O)C(CC(C)C)NC(=O)C(N)C(C)O)C(=O)O.